The van der Waals surface area contributed by atoms with E-state index in [1.54, 1.807) is 6.07 Å². The van der Waals surface area contributed by atoms with E-state index in [1.165, 1.54) is 7.11 Å². The molecule has 5 nitrogen and oxygen atoms in total. The van der Waals surface area contributed by atoms with Crippen LogP contribution in [0.3, 0.4) is 0 Å². The lowest BCUT2D eigenvalue weighted by Crippen LogP contribution is -2.29. The van der Waals surface area contributed by atoms with Crippen molar-refractivity contribution in [1.29, 1.82) is 0 Å². The fourth-order valence-corrected chi connectivity index (χ4v) is 2.71. The van der Waals surface area contributed by atoms with Crippen molar-refractivity contribution in [2.24, 2.45) is 0 Å². The lowest BCUT2D eigenvalue weighted by atomic mass is 9.88. The van der Waals surface area contributed by atoms with Gasteiger partial charge in [0, 0.05) is 23.8 Å². The molecular formula is C13H15NO4. The van der Waals surface area contributed by atoms with Gasteiger partial charge in [-0.3, -0.25) is 0 Å². The average Bonchev–Trinajstić information content (AvgIpc) is 2.86. The first-order valence-corrected chi connectivity index (χ1v) is 5.97. The molecule has 2 aliphatic rings. The molecule has 1 aromatic carbocycles. The minimum atomic E-state index is -0.457. The van der Waals surface area contributed by atoms with Gasteiger partial charge in [0.25, 0.3) is 0 Å². The van der Waals surface area contributed by atoms with Gasteiger partial charge in [-0.15, -0.1) is 0 Å². The first-order valence-electron chi connectivity index (χ1n) is 5.97. The topological polar surface area (TPSA) is 70.8 Å². The number of benzene rings is 1. The number of carbonyl (C=O) groups is 1. The molecule has 0 aromatic heterocycles. The maximum Gasteiger partial charge on any atom is 0.343 e. The molecule has 18 heavy (non-hydrogen) atoms. The zero-order chi connectivity index (χ0) is 12.7. The monoisotopic (exact) mass is 249 g/mol. The summed E-state index contributed by atoms with van der Waals surface area (Å²) < 4.78 is 16.0. The summed E-state index contributed by atoms with van der Waals surface area (Å²) in [5, 5.41) is 0. The fourth-order valence-electron chi connectivity index (χ4n) is 2.71. The molecular weight excluding hydrogens is 234 g/mol. The fraction of sp³-hybridized carbons (Fsp3) is 0.462. The van der Waals surface area contributed by atoms with Gasteiger partial charge in [0.1, 0.15) is 17.9 Å². The van der Waals surface area contributed by atoms with E-state index in [0.717, 1.165) is 18.6 Å². The highest BCUT2D eigenvalue weighted by Gasteiger charge is 2.38. The van der Waals surface area contributed by atoms with Crippen molar-refractivity contribution in [3.63, 3.8) is 0 Å². The number of carbonyl (C=O) groups excluding carboxylic acids is 1. The molecule has 0 aliphatic carbocycles. The predicted molar refractivity (Wildman–Crippen MR) is 64.8 cm³/mol. The van der Waals surface area contributed by atoms with Gasteiger partial charge in [0.2, 0.25) is 0 Å². The van der Waals surface area contributed by atoms with Crippen LogP contribution in [0.2, 0.25) is 0 Å². The molecule has 1 aromatic rings. The van der Waals surface area contributed by atoms with Crippen LogP contribution in [0.5, 0.6) is 5.75 Å². The third-order valence-corrected chi connectivity index (χ3v) is 3.61. The number of hydrogen-bond donors (Lipinski definition) is 1. The van der Waals surface area contributed by atoms with E-state index >= 15 is 0 Å². The molecule has 5 heteroatoms. The summed E-state index contributed by atoms with van der Waals surface area (Å²) in [5.74, 6) is 0.396. The van der Waals surface area contributed by atoms with Crippen molar-refractivity contribution in [3.05, 3.63) is 23.3 Å². The minimum Gasteiger partial charge on any atom is -0.490 e. The van der Waals surface area contributed by atoms with Gasteiger partial charge in [0.15, 0.2) is 0 Å². The number of rotatable bonds is 1. The number of anilines is 1. The first-order chi connectivity index (χ1) is 8.72. The summed E-state index contributed by atoms with van der Waals surface area (Å²) in [7, 11) is 1.34. The van der Waals surface area contributed by atoms with E-state index in [2.05, 4.69) is 0 Å². The third kappa shape index (κ3) is 1.54. The second kappa shape index (κ2) is 4.17. The Balaban J connectivity index is 2.12. The van der Waals surface area contributed by atoms with Crippen molar-refractivity contribution in [1.82, 2.24) is 0 Å². The molecule has 2 aliphatic heterocycles. The average molecular weight is 249 g/mol. The van der Waals surface area contributed by atoms with Crippen LogP contribution in [0.1, 0.15) is 28.3 Å². The van der Waals surface area contributed by atoms with Crippen molar-refractivity contribution in [2.45, 2.75) is 18.4 Å². The molecule has 1 saturated heterocycles. The maximum absolute atomic E-state index is 11.8. The Kier molecular flexibility index (Phi) is 2.63. The number of methoxy groups -OCH3 is 1. The molecule has 0 spiro atoms. The van der Waals surface area contributed by atoms with Crippen molar-refractivity contribution in [2.75, 3.05) is 26.1 Å². The number of fused-ring (bicyclic) bond motifs is 3. The number of nitrogen functional groups attached to an aromatic ring is 1. The Bertz CT molecular complexity index is 500. The van der Waals surface area contributed by atoms with E-state index in [0.29, 0.717) is 23.6 Å². The van der Waals surface area contributed by atoms with E-state index in [-0.39, 0.29) is 12.0 Å². The van der Waals surface area contributed by atoms with Crippen LogP contribution in [0.15, 0.2) is 12.1 Å². The van der Waals surface area contributed by atoms with Crippen molar-refractivity contribution < 1.29 is 19.0 Å². The highest BCUT2D eigenvalue weighted by Crippen LogP contribution is 2.43. The molecule has 1 fully saturated rings. The molecule has 2 heterocycles. The summed E-state index contributed by atoms with van der Waals surface area (Å²) in [5.41, 5.74) is 7.57. The van der Waals surface area contributed by atoms with Crippen LogP contribution < -0.4 is 10.5 Å². The van der Waals surface area contributed by atoms with E-state index in [4.69, 9.17) is 19.9 Å². The van der Waals surface area contributed by atoms with Crippen molar-refractivity contribution in [3.8, 4) is 5.75 Å². The molecule has 0 bridgehead atoms. The normalized spacial score (nSPS) is 24.9. The number of ether oxygens (including phenoxy) is 3. The van der Waals surface area contributed by atoms with Gasteiger partial charge < -0.3 is 19.9 Å². The molecule has 0 unspecified atom stereocenters. The van der Waals surface area contributed by atoms with Crippen LogP contribution in [0, 0.1) is 0 Å². The Morgan fingerprint density at radius 1 is 1.50 bits per heavy atom. The van der Waals surface area contributed by atoms with Crippen LogP contribution in [-0.2, 0) is 9.47 Å². The SMILES string of the molecule is COC(=O)c1c(N)ccc2c1OC[C@H]1OCC[C@@H]21. The van der Waals surface area contributed by atoms with Crippen LogP contribution in [0.4, 0.5) is 5.69 Å². The van der Waals surface area contributed by atoms with Gasteiger partial charge >= 0.3 is 5.97 Å². The third-order valence-electron chi connectivity index (χ3n) is 3.61. The zero-order valence-corrected chi connectivity index (χ0v) is 10.1. The van der Waals surface area contributed by atoms with Gasteiger partial charge in [0.05, 0.1) is 13.2 Å². The van der Waals surface area contributed by atoms with E-state index in [1.807, 2.05) is 6.07 Å². The van der Waals surface area contributed by atoms with Crippen LogP contribution >= 0.6 is 0 Å². The van der Waals surface area contributed by atoms with Crippen molar-refractivity contribution >= 4 is 11.7 Å². The maximum atomic E-state index is 11.8. The zero-order valence-electron chi connectivity index (χ0n) is 10.1. The summed E-state index contributed by atoms with van der Waals surface area (Å²) in [6.45, 7) is 1.20. The molecule has 0 amide bonds. The number of nitrogens with two attached hydrogens (primary N) is 1. The van der Waals surface area contributed by atoms with Crippen LogP contribution in [-0.4, -0.2) is 32.4 Å². The molecule has 0 radical (unpaired) electrons. The number of esters is 1. The standard InChI is InChI=1S/C13H15NO4/c1-16-13(15)11-9(14)3-2-8-7-4-5-17-10(7)6-18-12(8)11/h2-3,7,10H,4-6,14H2,1H3/t7-,10+/m0/s1. The molecule has 96 valence electrons. The van der Waals surface area contributed by atoms with E-state index in [9.17, 15) is 4.79 Å². The highest BCUT2D eigenvalue weighted by atomic mass is 16.5. The number of hydrogen-bond acceptors (Lipinski definition) is 5. The largest absolute Gasteiger partial charge is 0.490 e. The lowest BCUT2D eigenvalue weighted by Gasteiger charge is -2.29. The summed E-state index contributed by atoms with van der Waals surface area (Å²) in [4.78, 5) is 11.8. The smallest absolute Gasteiger partial charge is 0.343 e. The molecule has 0 saturated carbocycles. The predicted octanol–water partition coefficient (Wildman–Crippen LogP) is 1.32. The summed E-state index contributed by atoms with van der Waals surface area (Å²) in [6, 6.07) is 3.65. The Morgan fingerprint density at radius 2 is 2.33 bits per heavy atom. The quantitative estimate of drug-likeness (QED) is 0.600. The Morgan fingerprint density at radius 3 is 3.11 bits per heavy atom. The molecule has 2 atom stereocenters. The molecule has 2 N–H and O–H groups in total. The van der Waals surface area contributed by atoms with E-state index < -0.39 is 5.97 Å². The highest BCUT2D eigenvalue weighted by molar-refractivity contribution is 5.98. The van der Waals surface area contributed by atoms with Gasteiger partial charge in [-0.2, -0.15) is 0 Å². The second-order valence-electron chi connectivity index (χ2n) is 4.56. The first kappa shape index (κ1) is 11.3. The van der Waals surface area contributed by atoms with Gasteiger partial charge in [-0.1, -0.05) is 6.07 Å². The van der Waals surface area contributed by atoms with Crippen LogP contribution in [0.25, 0.3) is 0 Å². The lowest BCUT2D eigenvalue weighted by molar-refractivity contribution is 0.0469. The molecule has 3 rings (SSSR count). The summed E-state index contributed by atoms with van der Waals surface area (Å²) in [6.07, 6.45) is 1.04. The minimum absolute atomic E-state index is 0.0895. The Hall–Kier alpha value is -1.75. The summed E-state index contributed by atoms with van der Waals surface area (Å²) >= 11 is 0. The second-order valence-corrected chi connectivity index (χ2v) is 4.56. The van der Waals surface area contributed by atoms with Gasteiger partial charge in [-0.05, 0) is 12.5 Å². The van der Waals surface area contributed by atoms with Gasteiger partial charge in [-0.25, -0.2) is 4.79 Å². The Labute approximate surface area is 105 Å².